The van der Waals surface area contributed by atoms with Gasteiger partial charge in [-0.05, 0) is 31.6 Å². The Morgan fingerprint density at radius 1 is 1.15 bits per heavy atom. The molecule has 0 heterocycles. The first-order valence-electron chi connectivity index (χ1n) is 5.63. The molecule has 1 aliphatic rings. The fourth-order valence-electron chi connectivity index (χ4n) is 2.22. The van der Waals surface area contributed by atoms with Crippen molar-refractivity contribution in [3.05, 3.63) is 0 Å². The summed E-state index contributed by atoms with van der Waals surface area (Å²) in [5.74, 6) is 0.857. The molecule has 2 heteroatoms. The molecule has 1 saturated carbocycles. The quantitative estimate of drug-likeness (QED) is 0.518. The maximum atomic E-state index is 8.66. The Kier molecular flexibility index (Phi) is 5.88. The van der Waals surface area contributed by atoms with Crippen LogP contribution in [-0.2, 0) is 0 Å². The summed E-state index contributed by atoms with van der Waals surface area (Å²) in [5, 5.41) is 9.25. The molecule has 1 unspecified atom stereocenters. The second-order valence-corrected chi connectivity index (χ2v) is 4.85. The Morgan fingerprint density at radius 2 is 1.85 bits per heavy atom. The largest absolute Gasteiger partial charge is 0.396 e. The van der Waals surface area contributed by atoms with Gasteiger partial charge in [0.2, 0.25) is 0 Å². The average Bonchev–Trinajstić information content (AvgIpc) is 2.19. The summed E-state index contributed by atoms with van der Waals surface area (Å²) in [6.45, 7) is 0.338. The van der Waals surface area contributed by atoms with Gasteiger partial charge >= 0.3 is 0 Å². The van der Waals surface area contributed by atoms with Gasteiger partial charge in [-0.25, -0.2) is 0 Å². The monoisotopic (exact) mass is 202 g/mol. The topological polar surface area (TPSA) is 20.2 Å². The van der Waals surface area contributed by atoms with Gasteiger partial charge in [0.25, 0.3) is 0 Å². The van der Waals surface area contributed by atoms with E-state index >= 15 is 0 Å². The third-order valence-electron chi connectivity index (χ3n) is 3.10. The predicted octanol–water partition coefficient (Wildman–Crippen LogP) is 3.03. The van der Waals surface area contributed by atoms with Crippen LogP contribution in [0.2, 0.25) is 0 Å². The van der Waals surface area contributed by atoms with Gasteiger partial charge in [0.1, 0.15) is 0 Å². The molecule has 0 bridgehead atoms. The van der Waals surface area contributed by atoms with E-state index in [9.17, 15) is 0 Å². The summed E-state index contributed by atoms with van der Waals surface area (Å²) >= 11 is 4.66. The van der Waals surface area contributed by atoms with Crippen LogP contribution in [0.5, 0.6) is 0 Å². The fraction of sp³-hybridized carbons (Fsp3) is 1.00. The Hall–Kier alpha value is 0.310. The molecular weight excluding hydrogens is 180 g/mol. The van der Waals surface area contributed by atoms with Crippen LogP contribution in [0.15, 0.2) is 0 Å². The number of thiol groups is 1. The molecule has 13 heavy (non-hydrogen) atoms. The van der Waals surface area contributed by atoms with Crippen LogP contribution >= 0.6 is 12.6 Å². The first-order valence-corrected chi connectivity index (χ1v) is 6.15. The second kappa shape index (κ2) is 6.72. The van der Waals surface area contributed by atoms with Gasteiger partial charge in [-0.1, -0.05) is 25.7 Å². The van der Waals surface area contributed by atoms with Crippen molar-refractivity contribution in [1.29, 1.82) is 0 Å². The molecule has 0 saturated heterocycles. The predicted molar refractivity (Wildman–Crippen MR) is 60.3 cm³/mol. The number of unbranched alkanes of at least 4 members (excludes halogenated alkanes) is 1. The Labute approximate surface area is 87.3 Å². The zero-order chi connectivity index (χ0) is 9.52. The van der Waals surface area contributed by atoms with E-state index in [1.54, 1.807) is 0 Å². The molecule has 1 N–H and O–H groups in total. The third-order valence-corrected chi connectivity index (χ3v) is 3.78. The minimum absolute atomic E-state index is 0.338. The maximum Gasteiger partial charge on any atom is 0.0431 e. The molecule has 0 radical (unpaired) electrons. The van der Waals surface area contributed by atoms with Crippen LogP contribution in [0, 0.1) is 5.92 Å². The molecule has 1 nitrogen and oxygen atoms in total. The van der Waals surface area contributed by atoms with Crippen molar-refractivity contribution in [2.75, 3.05) is 6.61 Å². The Balaban J connectivity index is 2.09. The van der Waals surface area contributed by atoms with Gasteiger partial charge in [-0.15, -0.1) is 0 Å². The molecule has 1 aliphatic carbocycles. The molecule has 1 fully saturated rings. The summed E-state index contributed by atoms with van der Waals surface area (Å²) in [7, 11) is 0. The Bertz CT molecular complexity index is 121. The van der Waals surface area contributed by atoms with Crippen molar-refractivity contribution < 1.29 is 5.11 Å². The van der Waals surface area contributed by atoms with Crippen LogP contribution in [0.1, 0.15) is 51.4 Å². The van der Waals surface area contributed by atoms with Crippen LogP contribution in [0.4, 0.5) is 0 Å². The number of rotatable bonds is 5. The van der Waals surface area contributed by atoms with Gasteiger partial charge in [0.05, 0.1) is 0 Å². The van der Waals surface area contributed by atoms with E-state index in [1.807, 2.05) is 0 Å². The minimum Gasteiger partial charge on any atom is -0.396 e. The Morgan fingerprint density at radius 3 is 2.46 bits per heavy atom. The first-order chi connectivity index (χ1) is 6.34. The van der Waals surface area contributed by atoms with Crippen molar-refractivity contribution >= 4 is 12.6 Å². The minimum atomic E-state index is 0.338. The lowest BCUT2D eigenvalue weighted by atomic mass is 9.85. The summed E-state index contributed by atoms with van der Waals surface area (Å²) in [4.78, 5) is 0. The third kappa shape index (κ3) is 4.37. The molecule has 78 valence electrons. The smallest absolute Gasteiger partial charge is 0.0431 e. The molecule has 1 atom stereocenters. The van der Waals surface area contributed by atoms with E-state index < -0.39 is 0 Å². The second-order valence-electron chi connectivity index (χ2n) is 4.18. The average molecular weight is 202 g/mol. The van der Waals surface area contributed by atoms with E-state index in [4.69, 9.17) is 5.11 Å². The molecular formula is C11H22OS. The molecule has 0 amide bonds. The van der Waals surface area contributed by atoms with Gasteiger partial charge in [0.15, 0.2) is 0 Å². The molecule has 0 aromatic rings. The van der Waals surface area contributed by atoms with Crippen molar-refractivity contribution in [2.24, 2.45) is 5.92 Å². The summed E-state index contributed by atoms with van der Waals surface area (Å²) < 4.78 is 0. The first kappa shape index (κ1) is 11.4. The van der Waals surface area contributed by atoms with Crippen LogP contribution < -0.4 is 0 Å². The van der Waals surface area contributed by atoms with E-state index in [1.165, 1.54) is 38.5 Å². The van der Waals surface area contributed by atoms with Gasteiger partial charge in [-0.3, -0.25) is 0 Å². The van der Waals surface area contributed by atoms with Crippen molar-refractivity contribution in [1.82, 2.24) is 0 Å². The van der Waals surface area contributed by atoms with Crippen LogP contribution in [0.25, 0.3) is 0 Å². The molecule has 0 aromatic carbocycles. The highest BCUT2D eigenvalue weighted by atomic mass is 32.1. The van der Waals surface area contributed by atoms with E-state index in [0.29, 0.717) is 11.9 Å². The standard InChI is InChI=1S/C11H22OS/c12-9-5-4-8-11(13)10-6-2-1-3-7-10/h10-13H,1-9H2. The van der Waals surface area contributed by atoms with Gasteiger partial charge < -0.3 is 5.11 Å². The van der Waals surface area contributed by atoms with E-state index in [0.717, 1.165) is 18.8 Å². The molecule has 1 rings (SSSR count). The lowest BCUT2D eigenvalue weighted by molar-refractivity contribution is 0.277. The molecule has 0 aromatic heterocycles. The SMILES string of the molecule is OCCCCC(S)C1CCCCC1. The number of hydrogen-bond donors (Lipinski definition) is 2. The van der Waals surface area contributed by atoms with Gasteiger partial charge in [0, 0.05) is 11.9 Å². The van der Waals surface area contributed by atoms with Gasteiger partial charge in [-0.2, -0.15) is 12.6 Å². The van der Waals surface area contributed by atoms with E-state index in [-0.39, 0.29) is 0 Å². The number of aliphatic hydroxyl groups excluding tert-OH is 1. The highest BCUT2D eigenvalue weighted by Crippen LogP contribution is 2.31. The fourth-order valence-corrected chi connectivity index (χ4v) is 2.70. The van der Waals surface area contributed by atoms with Crippen molar-refractivity contribution in [3.8, 4) is 0 Å². The highest BCUT2D eigenvalue weighted by Gasteiger charge is 2.19. The number of hydrogen-bond acceptors (Lipinski definition) is 2. The summed E-state index contributed by atoms with van der Waals surface area (Å²) in [6.07, 6.45) is 10.3. The van der Waals surface area contributed by atoms with Crippen LogP contribution in [0.3, 0.4) is 0 Å². The zero-order valence-corrected chi connectivity index (χ0v) is 9.31. The van der Waals surface area contributed by atoms with Crippen molar-refractivity contribution in [2.45, 2.75) is 56.6 Å². The lowest BCUT2D eigenvalue weighted by Crippen LogP contribution is -2.18. The number of aliphatic hydroxyl groups is 1. The summed E-state index contributed by atoms with van der Waals surface area (Å²) in [6, 6.07) is 0. The van der Waals surface area contributed by atoms with Crippen LogP contribution in [-0.4, -0.2) is 17.0 Å². The highest BCUT2D eigenvalue weighted by molar-refractivity contribution is 7.81. The molecule has 0 aliphatic heterocycles. The molecule has 0 spiro atoms. The normalized spacial score (nSPS) is 21.7. The lowest BCUT2D eigenvalue weighted by Gasteiger charge is -2.26. The van der Waals surface area contributed by atoms with E-state index in [2.05, 4.69) is 12.6 Å². The summed E-state index contributed by atoms with van der Waals surface area (Å²) in [5.41, 5.74) is 0. The zero-order valence-electron chi connectivity index (χ0n) is 8.41. The van der Waals surface area contributed by atoms with Crippen molar-refractivity contribution in [3.63, 3.8) is 0 Å². The maximum absolute atomic E-state index is 8.66.